The van der Waals surface area contributed by atoms with E-state index in [1.165, 1.54) is 0 Å². The minimum atomic E-state index is -0.218. The highest BCUT2D eigenvalue weighted by Crippen LogP contribution is 2.30. The van der Waals surface area contributed by atoms with E-state index >= 15 is 0 Å². The zero-order chi connectivity index (χ0) is 22.1. The number of fused-ring (bicyclic) bond motifs is 1. The Kier molecular flexibility index (Phi) is 4.95. The van der Waals surface area contributed by atoms with Crippen LogP contribution < -0.4 is 15.9 Å². The number of imidazole rings is 2. The van der Waals surface area contributed by atoms with Gasteiger partial charge in [-0.25, -0.2) is 9.78 Å². The molecule has 8 nitrogen and oxygen atoms in total. The highest BCUT2D eigenvalue weighted by molar-refractivity contribution is 5.80. The van der Waals surface area contributed by atoms with Crippen LogP contribution >= 0.6 is 0 Å². The molecule has 8 heteroatoms. The molecule has 0 aliphatic rings. The van der Waals surface area contributed by atoms with Crippen molar-refractivity contribution >= 4 is 22.5 Å². The van der Waals surface area contributed by atoms with Gasteiger partial charge in [0.2, 0.25) is 0 Å². The highest BCUT2D eigenvalue weighted by atomic mass is 16.1. The second-order valence-corrected chi connectivity index (χ2v) is 7.75. The van der Waals surface area contributed by atoms with E-state index in [4.69, 9.17) is 0 Å². The smallest absolute Gasteiger partial charge is 0.332 e. The second kappa shape index (κ2) is 8.07. The lowest BCUT2D eigenvalue weighted by atomic mass is 10.1. The molecule has 0 amide bonds. The molecule has 0 aliphatic carbocycles. The number of pyridine rings is 1. The lowest BCUT2D eigenvalue weighted by Crippen LogP contribution is -2.15. The molecule has 0 aliphatic heterocycles. The van der Waals surface area contributed by atoms with Gasteiger partial charge in [-0.05, 0) is 42.0 Å². The van der Waals surface area contributed by atoms with E-state index < -0.39 is 0 Å². The molecule has 0 radical (unpaired) electrons. The van der Waals surface area contributed by atoms with Gasteiger partial charge in [0.25, 0.3) is 0 Å². The Morgan fingerprint density at radius 2 is 1.94 bits per heavy atom. The van der Waals surface area contributed by atoms with Crippen molar-refractivity contribution in [1.82, 2.24) is 24.5 Å². The van der Waals surface area contributed by atoms with Crippen molar-refractivity contribution < 1.29 is 0 Å². The number of hydrogen-bond acceptors (Lipinski definition) is 5. The first-order chi connectivity index (χ1) is 15.6. The maximum atomic E-state index is 13.1. The zero-order valence-corrected chi connectivity index (χ0v) is 17.8. The Balaban J connectivity index is 1.63. The molecule has 3 heterocycles. The molecule has 2 aromatic carbocycles. The maximum absolute atomic E-state index is 13.1. The lowest BCUT2D eigenvalue weighted by molar-refractivity contribution is 0.994. The van der Waals surface area contributed by atoms with Gasteiger partial charge < -0.3 is 15.2 Å². The largest absolute Gasteiger partial charge is 0.378 e. The van der Waals surface area contributed by atoms with Crippen molar-refractivity contribution in [3.63, 3.8) is 0 Å². The van der Waals surface area contributed by atoms with E-state index in [1.54, 1.807) is 23.3 Å². The van der Waals surface area contributed by atoms with E-state index in [1.807, 2.05) is 73.6 Å². The maximum Gasteiger partial charge on any atom is 0.332 e. The molecule has 5 rings (SSSR count). The average molecular weight is 425 g/mol. The summed E-state index contributed by atoms with van der Waals surface area (Å²) in [6.45, 7) is 0.538. The Labute approximate surface area is 184 Å². The molecule has 0 fully saturated rings. The number of benzene rings is 2. The van der Waals surface area contributed by atoms with Gasteiger partial charge in [-0.3, -0.25) is 14.5 Å². The van der Waals surface area contributed by atoms with Gasteiger partial charge >= 0.3 is 5.69 Å². The molecule has 0 saturated carbocycles. The number of hydrogen-bond donors (Lipinski definition) is 3. The molecule has 32 heavy (non-hydrogen) atoms. The van der Waals surface area contributed by atoms with E-state index in [2.05, 4.69) is 25.3 Å². The van der Waals surface area contributed by atoms with Gasteiger partial charge in [-0.2, -0.15) is 0 Å². The fraction of sp³-hybridized carbons (Fsp3) is 0.125. The van der Waals surface area contributed by atoms with Crippen LogP contribution in [0.4, 0.5) is 11.5 Å². The van der Waals surface area contributed by atoms with Gasteiger partial charge in [0, 0.05) is 44.3 Å². The number of rotatable bonds is 6. The van der Waals surface area contributed by atoms with Gasteiger partial charge in [0.05, 0.1) is 28.7 Å². The monoisotopic (exact) mass is 425 g/mol. The summed E-state index contributed by atoms with van der Waals surface area (Å²) in [7, 11) is 4.00. The molecular weight excluding hydrogens is 402 g/mol. The summed E-state index contributed by atoms with van der Waals surface area (Å²) < 4.78 is 1.69. The van der Waals surface area contributed by atoms with E-state index in [0.29, 0.717) is 12.4 Å². The molecule has 0 atom stereocenters. The second-order valence-electron chi connectivity index (χ2n) is 7.75. The number of aromatic nitrogens is 5. The normalized spacial score (nSPS) is 11.1. The van der Waals surface area contributed by atoms with E-state index in [-0.39, 0.29) is 5.69 Å². The van der Waals surface area contributed by atoms with Crippen LogP contribution in [0.15, 0.2) is 78.1 Å². The van der Waals surface area contributed by atoms with Crippen LogP contribution in [0.2, 0.25) is 0 Å². The summed E-state index contributed by atoms with van der Waals surface area (Å²) in [6, 6.07) is 17.8. The van der Waals surface area contributed by atoms with Gasteiger partial charge in [-0.1, -0.05) is 18.2 Å². The topological polar surface area (TPSA) is 94.6 Å². The summed E-state index contributed by atoms with van der Waals surface area (Å²) in [5.74, 6) is 0.654. The number of aromatic amines is 2. The van der Waals surface area contributed by atoms with Crippen molar-refractivity contribution in [3.8, 4) is 16.9 Å². The number of nitrogens with zero attached hydrogens (tertiary/aromatic N) is 4. The molecule has 0 saturated heterocycles. The summed E-state index contributed by atoms with van der Waals surface area (Å²) in [5.41, 5.74) is 6.05. The average Bonchev–Trinajstić information content (AvgIpc) is 3.41. The lowest BCUT2D eigenvalue weighted by Gasteiger charge is -2.15. The Bertz CT molecular complexity index is 1410. The molecule has 3 N–H and O–H groups in total. The van der Waals surface area contributed by atoms with Gasteiger partial charge in [0.1, 0.15) is 5.82 Å². The summed E-state index contributed by atoms with van der Waals surface area (Å²) >= 11 is 0. The zero-order valence-electron chi connectivity index (χ0n) is 17.8. The number of H-pyrrole nitrogens is 2. The summed E-state index contributed by atoms with van der Waals surface area (Å²) in [6.07, 6.45) is 5.20. The van der Waals surface area contributed by atoms with Crippen molar-refractivity contribution in [3.05, 3.63) is 89.4 Å². The predicted octanol–water partition coefficient (Wildman–Crippen LogP) is 3.78. The first-order valence-electron chi connectivity index (χ1n) is 10.3. The molecule has 3 aromatic heterocycles. The number of nitrogens with one attached hydrogen (secondary N) is 3. The third-order valence-corrected chi connectivity index (χ3v) is 5.41. The molecule has 160 valence electrons. The standard InChI is InChI=1S/C24H23N7O/c1-30(2)18-7-5-17(6-8-18)22-23(26-14-16-4-3-11-25-13-16)29-24(32)31(22)19-9-10-20-21(12-19)28-15-27-20/h3-13,15,26H,14H2,1-2H3,(H,27,28)(H,29,32). The van der Waals surface area contributed by atoms with Crippen LogP contribution in [0, 0.1) is 0 Å². The highest BCUT2D eigenvalue weighted by Gasteiger charge is 2.18. The molecule has 0 unspecified atom stereocenters. The van der Waals surface area contributed by atoms with Crippen molar-refractivity contribution in [2.75, 3.05) is 24.3 Å². The molecular formula is C24H23N7O. The van der Waals surface area contributed by atoms with Crippen LogP contribution in [-0.4, -0.2) is 38.6 Å². The summed E-state index contributed by atoms with van der Waals surface area (Å²) in [4.78, 5) is 29.7. The van der Waals surface area contributed by atoms with Gasteiger partial charge in [0.15, 0.2) is 0 Å². The van der Waals surface area contributed by atoms with E-state index in [0.717, 1.165) is 39.2 Å². The third-order valence-electron chi connectivity index (χ3n) is 5.41. The molecule has 0 spiro atoms. The van der Waals surface area contributed by atoms with Crippen LogP contribution in [0.25, 0.3) is 28.0 Å². The SMILES string of the molecule is CN(C)c1ccc(-c2c(NCc3cccnc3)[nH]c(=O)n2-c2ccc3nc[nH]c3c2)cc1. The molecule has 0 bridgehead atoms. The predicted molar refractivity (Wildman–Crippen MR) is 127 cm³/mol. The van der Waals surface area contributed by atoms with Gasteiger partial charge in [-0.15, -0.1) is 0 Å². The summed E-state index contributed by atoms with van der Waals surface area (Å²) in [5, 5.41) is 3.38. The quantitative estimate of drug-likeness (QED) is 0.385. The Hall–Kier alpha value is -4.33. The first kappa shape index (κ1) is 19.6. The third kappa shape index (κ3) is 3.62. The fourth-order valence-corrected chi connectivity index (χ4v) is 3.76. The van der Waals surface area contributed by atoms with Crippen LogP contribution in [0.1, 0.15) is 5.56 Å². The minimum absolute atomic E-state index is 0.218. The van der Waals surface area contributed by atoms with Crippen LogP contribution in [0.3, 0.4) is 0 Å². The van der Waals surface area contributed by atoms with Crippen molar-refractivity contribution in [2.24, 2.45) is 0 Å². The van der Waals surface area contributed by atoms with Crippen LogP contribution in [-0.2, 0) is 6.54 Å². The van der Waals surface area contributed by atoms with E-state index in [9.17, 15) is 4.79 Å². The molecule has 5 aromatic rings. The van der Waals surface area contributed by atoms with Crippen LogP contribution in [0.5, 0.6) is 0 Å². The Morgan fingerprint density at radius 1 is 1.09 bits per heavy atom. The fourth-order valence-electron chi connectivity index (χ4n) is 3.76. The minimum Gasteiger partial charge on any atom is -0.378 e. The van der Waals surface area contributed by atoms with Crippen molar-refractivity contribution in [1.29, 1.82) is 0 Å². The number of anilines is 2. The van der Waals surface area contributed by atoms with Crippen molar-refractivity contribution in [2.45, 2.75) is 6.54 Å². The first-order valence-corrected chi connectivity index (χ1v) is 10.3. The Morgan fingerprint density at radius 3 is 2.69 bits per heavy atom.